The number of carbonyl (C=O) groups excluding carboxylic acids is 1. The molecule has 0 spiro atoms. The molecule has 31 heavy (non-hydrogen) atoms. The third-order valence-electron chi connectivity index (χ3n) is 5.11. The van der Waals surface area contributed by atoms with Gasteiger partial charge in [-0.25, -0.2) is 13.2 Å². The van der Waals surface area contributed by atoms with Crippen LogP contribution in [0.5, 0.6) is 11.5 Å². The molecule has 4 nitrogen and oxygen atoms in total. The molecule has 1 aliphatic rings. The molecule has 0 aliphatic carbocycles. The van der Waals surface area contributed by atoms with E-state index in [1.807, 2.05) is 6.07 Å². The number of hydrogen-bond acceptors (Lipinski definition) is 4. The largest absolute Gasteiger partial charge is 0.492 e. The van der Waals surface area contributed by atoms with E-state index < -0.39 is 23.6 Å². The van der Waals surface area contributed by atoms with E-state index >= 15 is 0 Å². The summed E-state index contributed by atoms with van der Waals surface area (Å²) in [5.74, 6) is -3.00. The normalized spacial score (nSPS) is 13.7. The van der Waals surface area contributed by atoms with Gasteiger partial charge in [0, 0.05) is 12.0 Å². The van der Waals surface area contributed by atoms with Crippen molar-refractivity contribution in [3.8, 4) is 17.6 Å². The number of rotatable bonds is 4. The van der Waals surface area contributed by atoms with Gasteiger partial charge in [-0.1, -0.05) is 18.2 Å². The zero-order chi connectivity index (χ0) is 22.1. The first kappa shape index (κ1) is 20.5. The van der Waals surface area contributed by atoms with Crippen LogP contribution in [-0.4, -0.2) is 12.4 Å². The minimum atomic E-state index is -1.07. The van der Waals surface area contributed by atoms with Gasteiger partial charge in [0.2, 0.25) is 0 Å². The van der Waals surface area contributed by atoms with Crippen LogP contribution in [0.3, 0.4) is 0 Å². The average molecular weight is 423 g/mol. The predicted octanol–water partition coefficient (Wildman–Crippen LogP) is 5.42. The SMILES string of the molecule is Cc1c(O[C@H](c2ccc(C#N)cc2)c2ccc(F)c(F)c2)c(F)cc2c1OCCC2=O. The van der Waals surface area contributed by atoms with Crippen molar-refractivity contribution in [2.45, 2.75) is 19.4 Å². The molecule has 0 amide bonds. The first-order valence-corrected chi connectivity index (χ1v) is 9.49. The Morgan fingerprint density at radius 2 is 1.71 bits per heavy atom. The van der Waals surface area contributed by atoms with Crippen LogP contribution in [0.15, 0.2) is 48.5 Å². The Morgan fingerprint density at radius 3 is 2.39 bits per heavy atom. The van der Waals surface area contributed by atoms with Crippen LogP contribution in [0.2, 0.25) is 0 Å². The molecule has 7 heteroatoms. The number of carbonyl (C=O) groups is 1. The lowest BCUT2D eigenvalue weighted by Crippen LogP contribution is -2.18. The zero-order valence-corrected chi connectivity index (χ0v) is 16.4. The number of nitrogens with zero attached hydrogens (tertiary/aromatic N) is 1. The van der Waals surface area contributed by atoms with Crippen LogP contribution in [0.4, 0.5) is 13.2 Å². The number of hydrogen-bond donors (Lipinski definition) is 0. The maximum Gasteiger partial charge on any atom is 0.170 e. The molecule has 0 saturated carbocycles. The second-order valence-corrected chi connectivity index (χ2v) is 7.12. The summed E-state index contributed by atoms with van der Waals surface area (Å²) in [4.78, 5) is 12.1. The molecule has 0 unspecified atom stereocenters. The number of ketones is 1. The van der Waals surface area contributed by atoms with Crippen LogP contribution in [0.25, 0.3) is 0 Å². The molecular weight excluding hydrogens is 407 g/mol. The highest BCUT2D eigenvalue weighted by Crippen LogP contribution is 2.40. The molecule has 3 aromatic rings. The quantitative estimate of drug-likeness (QED) is 0.563. The Morgan fingerprint density at radius 1 is 1.00 bits per heavy atom. The maximum absolute atomic E-state index is 15.0. The Kier molecular flexibility index (Phi) is 5.38. The van der Waals surface area contributed by atoms with Gasteiger partial charge < -0.3 is 9.47 Å². The fourth-order valence-corrected chi connectivity index (χ4v) is 3.51. The lowest BCUT2D eigenvalue weighted by Gasteiger charge is -2.25. The summed E-state index contributed by atoms with van der Waals surface area (Å²) >= 11 is 0. The van der Waals surface area contributed by atoms with E-state index in [4.69, 9.17) is 14.7 Å². The highest BCUT2D eigenvalue weighted by atomic mass is 19.2. The summed E-state index contributed by atoms with van der Waals surface area (Å²) < 4.78 is 53.9. The summed E-state index contributed by atoms with van der Waals surface area (Å²) in [6.45, 7) is 1.75. The van der Waals surface area contributed by atoms with Gasteiger partial charge >= 0.3 is 0 Å². The molecule has 1 atom stereocenters. The number of ether oxygens (including phenoxy) is 2. The van der Waals surface area contributed by atoms with Crippen molar-refractivity contribution in [3.05, 3.63) is 93.8 Å². The Hall–Kier alpha value is -3.79. The van der Waals surface area contributed by atoms with Crippen LogP contribution in [0.1, 0.15) is 45.1 Å². The molecule has 3 aromatic carbocycles. The van der Waals surface area contributed by atoms with Crippen molar-refractivity contribution in [2.75, 3.05) is 6.61 Å². The lowest BCUT2D eigenvalue weighted by molar-refractivity contribution is 0.0931. The van der Waals surface area contributed by atoms with E-state index in [1.165, 1.54) is 6.07 Å². The molecule has 0 fully saturated rings. The van der Waals surface area contributed by atoms with E-state index in [-0.39, 0.29) is 41.4 Å². The Labute approximate surface area is 176 Å². The van der Waals surface area contributed by atoms with Crippen LogP contribution in [0, 0.1) is 35.7 Å². The van der Waals surface area contributed by atoms with Gasteiger partial charge in [-0.15, -0.1) is 0 Å². The molecule has 0 aromatic heterocycles. The smallest absolute Gasteiger partial charge is 0.170 e. The summed E-state index contributed by atoms with van der Waals surface area (Å²) in [7, 11) is 0. The number of fused-ring (bicyclic) bond motifs is 1. The number of halogens is 3. The third-order valence-corrected chi connectivity index (χ3v) is 5.11. The molecule has 0 radical (unpaired) electrons. The number of Topliss-reactive ketones (excluding diaryl/α,β-unsaturated/α-hetero) is 1. The van der Waals surface area contributed by atoms with Gasteiger partial charge in [0.05, 0.1) is 23.8 Å². The van der Waals surface area contributed by atoms with Crippen molar-refractivity contribution in [1.82, 2.24) is 0 Å². The minimum Gasteiger partial charge on any atom is -0.492 e. The highest BCUT2D eigenvalue weighted by molar-refractivity contribution is 6.00. The summed E-state index contributed by atoms with van der Waals surface area (Å²) in [5.41, 5.74) is 1.59. The molecule has 1 aliphatic heterocycles. The summed E-state index contributed by atoms with van der Waals surface area (Å²) in [6, 6.07) is 12.6. The van der Waals surface area contributed by atoms with Crippen molar-refractivity contribution in [2.24, 2.45) is 0 Å². The van der Waals surface area contributed by atoms with Crippen LogP contribution >= 0.6 is 0 Å². The molecular formula is C24H16F3NO3. The Bertz CT molecular complexity index is 1220. The second kappa shape index (κ2) is 8.15. The molecule has 156 valence electrons. The summed E-state index contributed by atoms with van der Waals surface area (Å²) in [5, 5.41) is 9.03. The standard InChI is InChI=1S/C24H16F3NO3/c1-13-22-17(21(29)8-9-30-22)11-20(27)23(13)31-24(15-4-2-14(12-28)3-5-15)16-6-7-18(25)19(26)10-16/h2-7,10-11,24H,8-9H2,1H3/t24-/m1/s1. The number of nitriles is 1. The van der Waals surface area contributed by atoms with Crippen molar-refractivity contribution >= 4 is 5.78 Å². The Balaban J connectivity index is 1.82. The predicted molar refractivity (Wildman–Crippen MR) is 106 cm³/mol. The second-order valence-electron chi connectivity index (χ2n) is 7.12. The van der Waals surface area contributed by atoms with Crippen molar-refractivity contribution in [1.29, 1.82) is 5.26 Å². The van der Waals surface area contributed by atoms with E-state index in [0.29, 0.717) is 16.7 Å². The zero-order valence-electron chi connectivity index (χ0n) is 16.4. The number of benzene rings is 3. The molecule has 1 heterocycles. The molecule has 0 bridgehead atoms. The van der Waals surface area contributed by atoms with E-state index in [1.54, 1.807) is 31.2 Å². The molecule has 0 saturated heterocycles. The fourth-order valence-electron chi connectivity index (χ4n) is 3.51. The van der Waals surface area contributed by atoms with Gasteiger partial charge in [-0.2, -0.15) is 5.26 Å². The van der Waals surface area contributed by atoms with Gasteiger partial charge in [-0.3, -0.25) is 4.79 Å². The topological polar surface area (TPSA) is 59.3 Å². The van der Waals surface area contributed by atoms with E-state index in [2.05, 4.69) is 0 Å². The molecule has 0 N–H and O–H groups in total. The minimum absolute atomic E-state index is 0.149. The van der Waals surface area contributed by atoms with Crippen LogP contribution < -0.4 is 9.47 Å². The monoisotopic (exact) mass is 423 g/mol. The average Bonchev–Trinajstić information content (AvgIpc) is 2.77. The van der Waals surface area contributed by atoms with Crippen molar-refractivity contribution in [3.63, 3.8) is 0 Å². The first-order chi connectivity index (χ1) is 14.9. The fraction of sp³-hybridized carbons (Fsp3) is 0.167. The highest BCUT2D eigenvalue weighted by Gasteiger charge is 2.28. The summed E-state index contributed by atoms with van der Waals surface area (Å²) in [6.07, 6.45) is -0.845. The molecule has 4 rings (SSSR count). The van der Waals surface area contributed by atoms with Gasteiger partial charge in [0.15, 0.2) is 29.0 Å². The third kappa shape index (κ3) is 3.84. The van der Waals surface area contributed by atoms with E-state index in [0.717, 1.165) is 18.2 Å². The van der Waals surface area contributed by atoms with Crippen LogP contribution in [-0.2, 0) is 0 Å². The van der Waals surface area contributed by atoms with Gasteiger partial charge in [0.25, 0.3) is 0 Å². The maximum atomic E-state index is 15.0. The lowest BCUT2D eigenvalue weighted by atomic mass is 9.98. The first-order valence-electron chi connectivity index (χ1n) is 9.49. The van der Waals surface area contributed by atoms with E-state index in [9.17, 15) is 18.0 Å². The van der Waals surface area contributed by atoms with Gasteiger partial charge in [-0.05, 0) is 48.4 Å². The van der Waals surface area contributed by atoms with Gasteiger partial charge in [0.1, 0.15) is 11.9 Å². The van der Waals surface area contributed by atoms with Crippen molar-refractivity contribution < 1.29 is 27.4 Å².